The van der Waals surface area contributed by atoms with E-state index in [1.54, 1.807) is 30.3 Å². The fourth-order valence-corrected chi connectivity index (χ4v) is 3.90. The first-order chi connectivity index (χ1) is 16.6. The molecule has 180 valence electrons. The summed E-state index contributed by atoms with van der Waals surface area (Å²) in [6.07, 6.45) is 15.5. The van der Waals surface area contributed by atoms with E-state index in [0.717, 1.165) is 42.4 Å². The second-order valence-electron chi connectivity index (χ2n) is 8.77. The summed E-state index contributed by atoms with van der Waals surface area (Å²) in [6, 6.07) is 11.6. The van der Waals surface area contributed by atoms with Crippen LogP contribution in [0.25, 0.3) is 11.4 Å². The molecular weight excluding hydrogens is 427 g/mol. The first kappa shape index (κ1) is 25.5. The smallest absolute Gasteiger partial charge is 0.343 e. The Morgan fingerprint density at radius 2 is 1.47 bits per heavy atom. The van der Waals surface area contributed by atoms with Crippen molar-refractivity contribution in [1.29, 1.82) is 0 Å². The molecule has 0 spiro atoms. The van der Waals surface area contributed by atoms with Gasteiger partial charge in [-0.3, -0.25) is 0 Å². The minimum atomic E-state index is -0.598. The van der Waals surface area contributed by atoms with Gasteiger partial charge in [0, 0.05) is 18.0 Å². The highest BCUT2D eigenvalue weighted by Gasteiger charge is 2.13. The Morgan fingerprint density at radius 1 is 0.794 bits per heavy atom. The molecule has 0 atom stereocenters. The molecule has 0 bridgehead atoms. The lowest BCUT2D eigenvalue weighted by Crippen LogP contribution is -2.09. The largest absolute Gasteiger partial charge is 0.420 e. The zero-order chi connectivity index (χ0) is 24.2. The molecule has 0 aliphatic rings. The molecule has 0 radical (unpaired) electrons. The van der Waals surface area contributed by atoms with Gasteiger partial charge in [-0.15, -0.1) is 0 Å². The summed E-state index contributed by atoms with van der Waals surface area (Å²) in [4.78, 5) is 21.4. The van der Waals surface area contributed by atoms with Crippen molar-refractivity contribution in [2.24, 2.45) is 0 Å². The molecule has 2 aromatic carbocycles. The third-order valence-corrected chi connectivity index (χ3v) is 5.89. The highest BCUT2D eigenvalue weighted by molar-refractivity contribution is 5.91. The van der Waals surface area contributed by atoms with Crippen LogP contribution in [0, 0.1) is 5.82 Å². The van der Waals surface area contributed by atoms with Gasteiger partial charge in [-0.05, 0) is 54.7 Å². The summed E-state index contributed by atoms with van der Waals surface area (Å²) in [5, 5.41) is 0. The quantitative estimate of drug-likeness (QED) is 0.148. The van der Waals surface area contributed by atoms with E-state index >= 15 is 0 Å². The summed E-state index contributed by atoms with van der Waals surface area (Å²) in [7, 11) is 0. The van der Waals surface area contributed by atoms with Gasteiger partial charge in [-0.1, -0.05) is 77.0 Å². The maximum atomic E-state index is 14.2. The molecule has 4 nitrogen and oxygen atoms in total. The van der Waals surface area contributed by atoms with Gasteiger partial charge in [-0.2, -0.15) is 0 Å². The fraction of sp³-hybridized carbons (Fsp3) is 0.414. The van der Waals surface area contributed by atoms with Crippen LogP contribution in [0.2, 0.25) is 0 Å². The van der Waals surface area contributed by atoms with E-state index in [9.17, 15) is 9.18 Å². The predicted molar refractivity (Wildman–Crippen MR) is 135 cm³/mol. The van der Waals surface area contributed by atoms with Crippen molar-refractivity contribution in [3.63, 3.8) is 0 Å². The predicted octanol–water partition coefficient (Wildman–Crippen LogP) is 7.75. The molecule has 0 amide bonds. The normalized spacial score (nSPS) is 10.9. The Morgan fingerprint density at radius 3 is 2.12 bits per heavy atom. The zero-order valence-corrected chi connectivity index (χ0v) is 20.4. The minimum Gasteiger partial charge on any atom is -0.420 e. The molecule has 0 aliphatic carbocycles. The number of aryl methyl sites for hydroxylation is 2. The summed E-state index contributed by atoms with van der Waals surface area (Å²) in [6.45, 7) is 4.27. The molecule has 1 aromatic heterocycles. The van der Waals surface area contributed by atoms with E-state index in [0.29, 0.717) is 11.4 Å². The van der Waals surface area contributed by atoms with Crippen molar-refractivity contribution in [2.45, 2.75) is 78.1 Å². The van der Waals surface area contributed by atoms with Crippen LogP contribution < -0.4 is 4.74 Å². The lowest BCUT2D eigenvalue weighted by atomic mass is 10.1. The fourth-order valence-electron chi connectivity index (χ4n) is 3.90. The van der Waals surface area contributed by atoms with Gasteiger partial charge in [0.2, 0.25) is 0 Å². The number of rotatable bonds is 13. The van der Waals surface area contributed by atoms with Crippen molar-refractivity contribution in [1.82, 2.24) is 9.97 Å². The number of esters is 1. The van der Waals surface area contributed by atoms with Crippen molar-refractivity contribution in [3.05, 3.63) is 77.4 Å². The molecule has 0 saturated carbocycles. The van der Waals surface area contributed by atoms with Crippen LogP contribution in [0.4, 0.5) is 4.39 Å². The maximum absolute atomic E-state index is 14.2. The highest BCUT2D eigenvalue weighted by atomic mass is 19.1. The van der Waals surface area contributed by atoms with Gasteiger partial charge < -0.3 is 4.74 Å². The number of hydrogen-bond acceptors (Lipinski definition) is 4. The third-order valence-electron chi connectivity index (χ3n) is 5.89. The Bertz CT molecular complexity index is 1030. The SMILES string of the molecule is CCCCCCCCCc1cnc(-c2ccc(C(=O)Oc3ccc(CCC)cc3F)cc2)nc1. The lowest BCUT2D eigenvalue weighted by Gasteiger charge is -2.08. The maximum Gasteiger partial charge on any atom is 0.343 e. The van der Waals surface area contributed by atoms with E-state index < -0.39 is 11.8 Å². The average Bonchev–Trinajstić information content (AvgIpc) is 2.86. The lowest BCUT2D eigenvalue weighted by molar-refractivity contribution is 0.0728. The van der Waals surface area contributed by atoms with Crippen molar-refractivity contribution < 1.29 is 13.9 Å². The Balaban J connectivity index is 1.51. The van der Waals surface area contributed by atoms with Gasteiger partial charge in [-0.25, -0.2) is 19.2 Å². The van der Waals surface area contributed by atoms with E-state index in [4.69, 9.17) is 4.74 Å². The minimum absolute atomic E-state index is 0.0613. The van der Waals surface area contributed by atoms with Crippen molar-refractivity contribution in [2.75, 3.05) is 0 Å². The van der Waals surface area contributed by atoms with Crippen LogP contribution in [0.3, 0.4) is 0 Å². The van der Waals surface area contributed by atoms with Crippen LogP contribution in [-0.4, -0.2) is 15.9 Å². The van der Waals surface area contributed by atoms with Crippen molar-refractivity contribution >= 4 is 5.97 Å². The molecule has 3 rings (SSSR count). The Labute approximate surface area is 202 Å². The number of halogens is 1. The topological polar surface area (TPSA) is 52.1 Å². The van der Waals surface area contributed by atoms with E-state index in [2.05, 4.69) is 16.9 Å². The van der Waals surface area contributed by atoms with Crippen LogP contribution in [0.15, 0.2) is 54.9 Å². The van der Waals surface area contributed by atoms with Crippen LogP contribution in [0.5, 0.6) is 5.75 Å². The molecule has 0 unspecified atom stereocenters. The first-order valence-corrected chi connectivity index (χ1v) is 12.5. The van der Waals surface area contributed by atoms with Crippen molar-refractivity contribution in [3.8, 4) is 17.1 Å². The number of nitrogens with zero attached hydrogens (tertiary/aromatic N) is 2. The van der Waals surface area contributed by atoms with Gasteiger partial charge in [0.05, 0.1) is 5.56 Å². The molecular formula is C29H35FN2O2. The van der Waals surface area contributed by atoms with E-state index in [1.165, 1.54) is 50.7 Å². The summed E-state index contributed by atoms with van der Waals surface area (Å²) in [5.74, 6) is -0.574. The van der Waals surface area contributed by atoms with Crippen LogP contribution >= 0.6 is 0 Å². The number of benzene rings is 2. The monoisotopic (exact) mass is 462 g/mol. The number of hydrogen-bond donors (Lipinski definition) is 0. The van der Waals surface area contributed by atoms with Crippen LogP contribution in [0.1, 0.15) is 86.7 Å². The summed E-state index contributed by atoms with van der Waals surface area (Å²) >= 11 is 0. The molecule has 1 heterocycles. The first-order valence-electron chi connectivity index (χ1n) is 12.5. The van der Waals surface area contributed by atoms with Gasteiger partial charge in [0.1, 0.15) is 0 Å². The molecule has 0 N–H and O–H groups in total. The Kier molecular flexibility index (Phi) is 10.2. The Hall–Kier alpha value is -3.08. The highest BCUT2D eigenvalue weighted by Crippen LogP contribution is 2.22. The molecule has 0 fully saturated rings. The zero-order valence-electron chi connectivity index (χ0n) is 20.4. The molecule has 3 aromatic rings. The number of aromatic nitrogens is 2. The van der Waals surface area contributed by atoms with Crippen LogP contribution in [-0.2, 0) is 12.8 Å². The average molecular weight is 463 g/mol. The molecule has 0 saturated heterocycles. The number of unbranched alkanes of at least 4 members (excludes halogenated alkanes) is 6. The van der Waals surface area contributed by atoms with Gasteiger partial charge in [0.25, 0.3) is 0 Å². The number of ether oxygens (including phenoxy) is 1. The van der Waals surface area contributed by atoms with E-state index in [-0.39, 0.29) is 5.75 Å². The van der Waals surface area contributed by atoms with Gasteiger partial charge >= 0.3 is 5.97 Å². The molecule has 0 aliphatic heterocycles. The summed E-state index contributed by atoms with van der Waals surface area (Å²) in [5.41, 5.74) is 3.19. The second kappa shape index (κ2) is 13.6. The third kappa shape index (κ3) is 7.75. The van der Waals surface area contributed by atoms with E-state index in [1.807, 2.05) is 19.3 Å². The number of carbonyl (C=O) groups excluding carboxylic acids is 1. The second-order valence-corrected chi connectivity index (χ2v) is 8.77. The summed E-state index contributed by atoms with van der Waals surface area (Å²) < 4.78 is 19.5. The molecule has 34 heavy (non-hydrogen) atoms. The standard InChI is InChI=1S/C29H35FN2O2/c1-3-5-6-7-8-9-10-12-23-20-31-28(32-21-23)24-14-16-25(17-15-24)29(33)34-27-18-13-22(11-4-2)19-26(27)30/h13-21H,3-12H2,1-2H3. The van der Waals surface area contributed by atoms with Gasteiger partial charge in [0.15, 0.2) is 17.4 Å². The molecule has 5 heteroatoms. The number of carbonyl (C=O) groups is 1.